The summed E-state index contributed by atoms with van der Waals surface area (Å²) in [6, 6.07) is 0. The van der Waals surface area contributed by atoms with Crippen LogP contribution >= 0.6 is 0 Å². The van der Waals surface area contributed by atoms with Crippen molar-refractivity contribution in [3.63, 3.8) is 0 Å². The number of H-pyrrole nitrogens is 1. The lowest BCUT2D eigenvalue weighted by Crippen LogP contribution is -2.60. The molecule has 2 saturated heterocycles. The first-order chi connectivity index (χ1) is 12.6. The van der Waals surface area contributed by atoms with E-state index in [4.69, 9.17) is 0 Å². The molecule has 1 atom stereocenters. The molecule has 146 valence electrons. The Bertz CT molecular complexity index is 601. The molecule has 1 amide bonds. The molecular weight excluding hydrogens is 326 g/mol. The van der Waals surface area contributed by atoms with Gasteiger partial charge in [-0.3, -0.25) is 14.6 Å². The summed E-state index contributed by atoms with van der Waals surface area (Å²) >= 11 is 0. The SMILES string of the molecule is CCCCc1ncc(CN2CCN(C)[C@@]3(CCC(=O)N(CC)CC3)C2)[nH]1. The van der Waals surface area contributed by atoms with E-state index in [1.807, 2.05) is 11.1 Å². The van der Waals surface area contributed by atoms with E-state index in [1.165, 1.54) is 18.5 Å². The van der Waals surface area contributed by atoms with E-state index in [-0.39, 0.29) is 5.54 Å². The Hall–Kier alpha value is -1.40. The molecule has 0 aromatic carbocycles. The molecule has 0 unspecified atom stereocenters. The predicted octanol–water partition coefficient (Wildman–Crippen LogP) is 2.27. The average molecular weight is 362 g/mol. The normalized spacial score (nSPS) is 25.8. The molecule has 2 aliphatic heterocycles. The van der Waals surface area contributed by atoms with E-state index in [9.17, 15) is 4.79 Å². The van der Waals surface area contributed by atoms with E-state index < -0.39 is 0 Å². The number of rotatable bonds is 6. The lowest BCUT2D eigenvalue weighted by Gasteiger charge is -2.49. The van der Waals surface area contributed by atoms with Crippen LogP contribution < -0.4 is 0 Å². The van der Waals surface area contributed by atoms with Crippen molar-refractivity contribution >= 4 is 5.91 Å². The number of imidazole rings is 1. The summed E-state index contributed by atoms with van der Waals surface area (Å²) in [6.45, 7) is 10.1. The minimum absolute atomic E-state index is 0.128. The molecule has 0 aliphatic carbocycles. The number of carbonyl (C=O) groups excluding carboxylic acids is 1. The number of hydrogen-bond donors (Lipinski definition) is 1. The van der Waals surface area contributed by atoms with Gasteiger partial charge in [-0.1, -0.05) is 13.3 Å². The van der Waals surface area contributed by atoms with Crippen LogP contribution in [0.5, 0.6) is 0 Å². The summed E-state index contributed by atoms with van der Waals surface area (Å²) in [5, 5.41) is 0. The van der Waals surface area contributed by atoms with Crippen molar-refractivity contribution < 1.29 is 4.79 Å². The summed E-state index contributed by atoms with van der Waals surface area (Å²) in [6.07, 6.45) is 8.15. The van der Waals surface area contributed by atoms with Gasteiger partial charge in [0.1, 0.15) is 5.82 Å². The predicted molar refractivity (Wildman–Crippen MR) is 104 cm³/mol. The van der Waals surface area contributed by atoms with Crippen LogP contribution in [0.15, 0.2) is 6.20 Å². The Morgan fingerprint density at radius 2 is 2.08 bits per heavy atom. The van der Waals surface area contributed by atoms with Crippen LogP contribution in [0.4, 0.5) is 0 Å². The van der Waals surface area contributed by atoms with Crippen molar-refractivity contribution in [1.82, 2.24) is 24.7 Å². The molecule has 1 aromatic heterocycles. The largest absolute Gasteiger partial charge is 0.345 e. The van der Waals surface area contributed by atoms with Gasteiger partial charge in [0.25, 0.3) is 0 Å². The third-order valence-corrected chi connectivity index (χ3v) is 6.31. The van der Waals surface area contributed by atoms with E-state index in [2.05, 4.69) is 40.7 Å². The lowest BCUT2D eigenvalue weighted by atomic mass is 9.86. The fraction of sp³-hybridized carbons (Fsp3) is 0.800. The van der Waals surface area contributed by atoms with E-state index >= 15 is 0 Å². The molecule has 3 heterocycles. The second kappa shape index (κ2) is 8.53. The van der Waals surface area contributed by atoms with Gasteiger partial charge >= 0.3 is 0 Å². The standard InChI is InChI=1S/C20H35N5O/c1-4-6-7-18-21-14-17(22-18)15-24-13-12-23(3)20(16-24)9-8-19(26)25(5-2)11-10-20/h14H,4-13,15-16H2,1-3H3,(H,21,22)/t20-/m1/s1. The zero-order chi connectivity index (χ0) is 18.6. The van der Waals surface area contributed by atoms with Crippen LogP contribution in [0.2, 0.25) is 0 Å². The number of unbranched alkanes of at least 4 members (excludes halogenated alkanes) is 1. The lowest BCUT2D eigenvalue weighted by molar-refractivity contribution is -0.130. The van der Waals surface area contributed by atoms with Gasteiger partial charge in [0.15, 0.2) is 0 Å². The highest BCUT2D eigenvalue weighted by Gasteiger charge is 2.42. The van der Waals surface area contributed by atoms with Gasteiger partial charge in [-0.2, -0.15) is 0 Å². The smallest absolute Gasteiger partial charge is 0.222 e. The zero-order valence-corrected chi connectivity index (χ0v) is 16.8. The number of aromatic amines is 1. The first kappa shape index (κ1) is 19.4. The maximum absolute atomic E-state index is 12.3. The molecule has 2 fully saturated rings. The third-order valence-electron chi connectivity index (χ3n) is 6.31. The second-order valence-corrected chi connectivity index (χ2v) is 8.04. The van der Waals surface area contributed by atoms with Crippen molar-refractivity contribution in [2.24, 2.45) is 0 Å². The minimum Gasteiger partial charge on any atom is -0.345 e. The highest BCUT2D eigenvalue weighted by molar-refractivity contribution is 5.76. The Morgan fingerprint density at radius 3 is 2.85 bits per heavy atom. The number of amides is 1. The number of likely N-dealkylation sites (N-methyl/N-ethyl adjacent to an activating group) is 1. The molecule has 2 aliphatic rings. The number of carbonyl (C=O) groups is 1. The van der Waals surface area contributed by atoms with E-state index in [0.717, 1.165) is 64.4 Å². The highest BCUT2D eigenvalue weighted by Crippen LogP contribution is 2.32. The van der Waals surface area contributed by atoms with Gasteiger partial charge in [-0.05, 0) is 33.2 Å². The maximum Gasteiger partial charge on any atom is 0.222 e. The molecule has 1 N–H and O–H groups in total. The molecule has 1 aromatic rings. The van der Waals surface area contributed by atoms with E-state index in [0.29, 0.717) is 12.3 Å². The molecule has 3 rings (SSSR count). The van der Waals surface area contributed by atoms with Gasteiger partial charge in [-0.25, -0.2) is 4.98 Å². The first-order valence-electron chi connectivity index (χ1n) is 10.3. The molecule has 1 spiro atoms. The van der Waals surface area contributed by atoms with Gasteiger partial charge in [0, 0.05) is 69.5 Å². The summed E-state index contributed by atoms with van der Waals surface area (Å²) in [5.41, 5.74) is 1.35. The van der Waals surface area contributed by atoms with Crippen molar-refractivity contribution in [3.8, 4) is 0 Å². The van der Waals surface area contributed by atoms with Crippen LogP contribution in [-0.2, 0) is 17.8 Å². The number of aromatic nitrogens is 2. The Balaban J connectivity index is 1.64. The second-order valence-electron chi connectivity index (χ2n) is 8.04. The molecule has 26 heavy (non-hydrogen) atoms. The average Bonchev–Trinajstić information content (AvgIpc) is 3.02. The zero-order valence-electron chi connectivity index (χ0n) is 16.8. The van der Waals surface area contributed by atoms with Crippen molar-refractivity contribution in [2.75, 3.05) is 39.8 Å². The molecule has 6 heteroatoms. The number of hydrogen-bond acceptors (Lipinski definition) is 4. The van der Waals surface area contributed by atoms with Gasteiger partial charge in [-0.15, -0.1) is 0 Å². The number of likely N-dealkylation sites (tertiary alicyclic amines) is 1. The summed E-state index contributed by atoms with van der Waals surface area (Å²) in [5.74, 6) is 1.44. The Morgan fingerprint density at radius 1 is 1.23 bits per heavy atom. The molecule has 6 nitrogen and oxygen atoms in total. The fourth-order valence-electron chi connectivity index (χ4n) is 4.44. The van der Waals surface area contributed by atoms with Gasteiger partial charge in [0.05, 0.1) is 0 Å². The van der Waals surface area contributed by atoms with Gasteiger partial charge < -0.3 is 9.88 Å². The van der Waals surface area contributed by atoms with Crippen molar-refractivity contribution in [3.05, 3.63) is 17.7 Å². The monoisotopic (exact) mass is 361 g/mol. The number of piperazine rings is 1. The minimum atomic E-state index is 0.128. The number of nitrogens with one attached hydrogen (secondary N) is 1. The van der Waals surface area contributed by atoms with Gasteiger partial charge in [0.2, 0.25) is 5.91 Å². The van der Waals surface area contributed by atoms with Crippen LogP contribution in [0.1, 0.15) is 57.5 Å². The summed E-state index contributed by atoms with van der Waals surface area (Å²) in [4.78, 5) is 27.4. The molecule has 0 bridgehead atoms. The van der Waals surface area contributed by atoms with Crippen molar-refractivity contribution in [1.29, 1.82) is 0 Å². The Labute approximate surface area is 157 Å². The maximum atomic E-state index is 12.3. The quantitative estimate of drug-likeness (QED) is 0.844. The van der Waals surface area contributed by atoms with Crippen LogP contribution in [0.3, 0.4) is 0 Å². The van der Waals surface area contributed by atoms with Crippen LogP contribution in [0, 0.1) is 0 Å². The number of aryl methyl sites for hydroxylation is 1. The number of nitrogens with zero attached hydrogens (tertiary/aromatic N) is 4. The highest BCUT2D eigenvalue weighted by atomic mass is 16.2. The summed E-state index contributed by atoms with van der Waals surface area (Å²) in [7, 11) is 2.24. The third kappa shape index (κ3) is 4.29. The molecule has 0 radical (unpaired) electrons. The summed E-state index contributed by atoms with van der Waals surface area (Å²) < 4.78 is 0. The van der Waals surface area contributed by atoms with Crippen LogP contribution in [0.25, 0.3) is 0 Å². The Kier molecular flexibility index (Phi) is 6.35. The van der Waals surface area contributed by atoms with Crippen molar-refractivity contribution in [2.45, 2.75) is 64.5 Å². The van der Waals surface area contributed by atoms with Crippen LogP contribution in [-0.4, -0.2) is 75.9 Å². The first-order valence-corrected chi connectivity index (χ1v) is 10.3. The molecule has 0 saturated carbocycles. The molecular formula is C20H35N5O. The fourth-order valence-corrected chi connectivity index (χ4v) is 4.44. The topological polar surface area (TPSA) is 55.5 Å². The van der Waals surface area contributed by atoms with E-state index in [1.54, 1.807) is 0 Å².